The Kier molecular flexibility index (Phi) is 4.04. The average molecular weight is 320 g/mol. The SMILES string of the molecule is CN1CCCN(c2nc(-c3ccncc3)nc3cnccc23)CC1. The molecule has 1 saturated heterocycles. The van der Waals surface area contributed by atoms with Gasteiger partial charge in [0.1, 0.15) is 5.82 Å². The van der Waals surface area contributed by atoms with E-state index in [1.165, 1.54) is 0 Å². The molecule has 1 aliphatic rings. The van der Waals surface area contributed by atoms with E-state index in [2.05, 4.69) is 26.8 Å². The van der Waals surface area contributed by atoms with Crippen LogP contribution < -0.4 is 4.90 Å². The second kappa shape index (κ2) is 6.49. The minimum Gasteiger partial charge on any atom is -0.355 e. The van der Waals surface area contributed by atoms with Crippen molar-refractivity contribution in [1.29, 1.82) is 0 Å². The zero-order chi connectivity index (χ0) is 16.4. The summed E-state index contributed by atoms with van der Waals surface area (Å²) in [7, 11) is 2.17. The quantitative estimate of drug-likeness (QED) is 0.722. The third-order valence-electron chi connectivity index (χ3n) is 4.44. The van der Waals surface area contributed by atoms with Crippen LogP contribution in [-0.4, -0.2) is 58.1 Å². The highest BCUT2D eigenvalue weighted by molar-refractivity contribution is 5.90. The van der Waals surface area contributed by atoms with Gasteiger partial charge in [-0.05, 0) is 38.2 Å². The van der Waals surface area contributed by atoms with Crippen molar-refractivity contribution in [1.82, 2.24) is 24.8 Å². The highest BCUT2D eigenvalue weighted by Gasteiger charge is 2.18. The highest BCUT2D eigenvalue weighted by atomic mass is 15.2. The summed E-state index contributed by atoms with van der Waals surface area (Å²) in [5.41, 5.74) is 1.86. The lowest BCUT2D eigenvalue weighted by Crippen LogP contribution is -2.29. The topological polar surface area (TPSA) is 58.0 Å². The lowest BCUT2D eigenvalue weighted by molar-refractivity contribution is 0.360. The first kappa shape index (κ1) is 15.0. The van der Waals surface area contributed by atoms with Crippen molar-refractivity contribution in [3.63, 3.8) is 0 Å². The molecule has 0 bridgehead atoms. The monoisotopic (exact) mass is 320 g/mol. The van der Waals surface area contributed by atoms with Crippen molar-refractivity contribution >= 4 is 16.7 Å². The number of aromatic nitrogens is 4. The molecule has 0 atom stereocenters. The molecule has 3 aromatic heterocycles. The molecule has 0 N–H and O–H groups in total. The fourth-order valence-electron chi connectivity index (χ4n) is 3.09. The van der Waals surface area contributed by atoms with Crippen LogP contribution in [0.4, 0.5) is 5.82 Å². The van der Waals surface area contributed by atoms with Gasteiger partial charge in [0.25, 0.3) is 0 Å². The van der Waals surface area contributed by atoms with Crippen molar-refractivity contribution in [3.05, 3.63) is 43.0 Å². The number of nitrogens with zero attached hydrogens (tertiary/aromatic N) is 6. The fraction of sp³-hybridized carbons (Fsp3) is 0.333. The van der Waals surface area contributed by atoms with Crippen LogP contribution in [0, 0.1) is 0 Å². The van der Waals surface area contributed by atoms with E-state index >= 15 is 0 Å². The van der Waals surface area contributed by atoms with E-state index in [0.29, 0.717) is 0 Å². The zero-order valence-electron chi connectivity index (χ0n) is 13.8. The molecule has 0 radical (unpaired) electrons. The van der Waals surface area contributed by atoms with Crippen molar-refractivity contribution < 1.29 is 0 Å². The molecule has 0 saturated carbocycles. The van der Waals surface area contributed by atoms with Crippen molar-refractivity contribution in [2.24, 2.45) is 0 Å². The fourth-order valence-corrected chi connectivity index (χ4v) is 3.09. The molecule has 1 fully saturated rings. The van der Waals surface area contributed by atoms with Gasteiger partial charge in [0.2, 0.25) is 0 Å². The standard InChI is InChI=1S/C18H20N6/c1-23-9-2-10-24(12-11-23)18-15-5-8-20-13-16(15)21-17(22-18)14-3-6-19-7-4-14/h3-8,13H,2,9-12H2,1H3. The molecule has 0 aromatic carbocycles. The molecule has 6 nitrogen and oxygen atoms in total. The Hall–Kier alpha value is -2.60. The number of hydrogen-bond donors (Lipinski definition) is 0. The summed E-state index contributed by atoms with van der Waals surface area (Å²) in [5, 5.41) is 1.06. The molecule has 0 unspecified atom stereocenters. The largest absolute Gasteiger partial charge is 0.355 e. The number of hydrogen-bond acceptors (Lipinski definition) is 6. The predicted octanol–water partition coefficient (Wildman–Crippen LogP) is 2.23. The van der Waals surface area contributed by atoms with E-state index in [9.17, 15) is 0 Å². The summed E-state index contributed by atoms with van der Waals surface area (Å²) < 4.78 is 0. The van der Waals surface area contributed by atoms with Crippen LogP contribution in [0.15, 0.2) is 43.0 Å². The van der Waals surface area contributed by atoms with Crippen LogP contribution in [0.5, 0.6) is 0 Å². The summed E-state index contributed by atoms with van der Waals surface area (Å²) >= 11 is 0. The Morgan fingerprint density at radius 1 is 0.875 bits per heavy atom. The van der Waals surface area contributed by atoms with Gasteiger partial charge in [0, 0.05) is 49.2 Å². The Labute approximate surface area is 141 Å². The second-order valence-electron chi connectivity index (χ2n) is 6.14. The maximum absolute atomic E-state index is 4.90. The highest BCUT2D eigenvalue weighted by Crippen LogP contribution is 2.27. The van der Waals surface area contributed by atoms with E-state index in [4.69, 9.17) is 9.97 Å². The second-order valence-corrected chi connectivity index (χ2v) is 6.14. The van der Waals surface area contributed by atoms with E-state index < -0.39 is 0 Å². The Balaban J connectivity index is 1.83. The maximum atomic E-state index is 4.90. The number of pyridine rings is 2. The Bertz CT molecular complexity index is 835. The number of fused-ring (bicyclic) bond motifs is 1. The smallest absolute Gasteiger partial charge is 0.162 e. The molecule has 122 valence electrons. The normalized spacial score (nSPS) is 16.3. The van der Waals surface area contributed by atoms with Gasteiger partial charge >= 0.3 is 0 Å². The molecule has 24 heavy (non-hydrogen) atoms. The summed E-state index contributed by atoms with van der Waals surface area (Å²) in [4.78, 5) is 22.7. The van der Waals surface area contributed by atoms with E-state index in [-0.39, 0.29) is 0 Å². The Morgan fingerprint density at radius 2 is 1.71 bits per heavy atom. The van der Waals surface area contributed by atoms with Crippen molar-refractivity contribution in [2.45, 2.75) is 6.42 Å². The Morgan fingerprint density at radius 3 is 2.58 bits per heavy atom. The first-order valence-corrected chi connectivity index (χ1v) is 8.27. The van der Waals surface area contributed by atoms with Gasteiger partial charge in [-0.2, -0.15) is 0 Å². The van der Waals surface area contributed by atoms with Gasteiger partial charge in [-0.1, -0.05) is 0 Å². The maximum Gasteiger partial charge on any atom is 0.162 e. The van der Waals surface area contributed by atoms with Gasteiger partial charge in [-0.3, -0.25) is 9.97 Å². The lowest BCUT2D eigenvalue weighted by atomic mass is 10.2. The van der Waals surface area contributed by atoms with Crippen LogP contribution >= 0.6 is 0 Å². The summed E-state index contributed by atoms with van der Waals surface area (Å²) in [6, 6.07) is 5.89. The van der Waals surface area contributed by atoms with Crippen LogP contribution in [0.1, 0.15) is 6.42 Å². The molecule has 0 spiro atoms. The number of anilines is 1. The predicted molar refractivity (Wildman–Crippen MR) is 94.9 cm³/mol. The van der Waals surface area contributed by atoms with Crippen LogP contribution in [0.2, 0.25) is 0 Å². The third-order valence-corrected chi connectivity index (χ3v) is 4.44. The molecular weight excluding hydrogens is 300 g/mol. The van der Waals surface area contributed by atoms with Crippen molar-refractivity contribution in [2.75, 3.05) is 38.1 Å². The van der Waals surface area contributed by atoms with E-state index in [1.807, 2.05) is 30.6 Å². The van der Waals surface area contributed by atoms with Crippen LogP contribution in [-0.2, 0) is 0 Å². The molecule has 3 aromatic rings. The van der Waals surface area contributed by atoms with Gasteiger partial charge in [0.15, 0.2) is 5.82 Å². The zero-order valence-corrected chi connectivity index (χ0v) is 13.8. The van der Waals surface area contributed by atoms with Crippen molar-refractivity contribution in [3.8, 4) is 11.4 Å². The van der Waals surface area contributed by atoms with Gasteiger partial charge in [0.05, 0.1) is 11.7 Å². The third kappa shape index (κ3) is 2.92. The minimum atomic E-state index is 0.727. The summed E-state index contributed by atoms with van der Waals surface area (Å²) in [5.74, 6) is 1.73. The molecule has 4 rings (SSSR count). The summed E-state index contributed by atoms with van der Waals surface area (Å²) in [6.45, 7) is 4.15. The number of rotatable bonds is 2. The molecule has 6 heteroatoms. The molecule has 0 aliphatic carbocycles. The average Bonchev–Trinajstić information content (AvgIpc) is 2.86. The van der Waals surface area contributed by atoms with Gasteiger partial charge in [-0.15, -0.1) is 0 Å². The number of likely N-dealkylation sites (N-methyl/N-ethyl adjacent to an activating group) is 1. The van der Waals surface area contributed by atoms with Gasteiger partial charge < -0.3 is 9.80 Å². The van der Waals surface area contributed by atoms with Crippen LogP contribution in [0.3, 0.4) is 0 Å². The first-order chi connectivity index (χ1) is 11.8. The molecule has 1 aliphatic heterocycles. The lowest BCUT2D eigenvalue weighted by Gasteiger charge is -2.23. The van der Waals surface area contributed by atoms with Crippen LogP contribution in [0.25, 0.3) is 22.3 Å². The molecular formula is C18H20N6. The minimum absolute atomic E-state index is 0.727. The summed E-state index contributed by atoms with van der Waals surface area (Å²) in [6.07, 6.45) is 8.30. The first-order valence-electron chi connectivity index (χ1n) is 8.27. The van der Waals surface area contributed by atoms with E-state index in [0.717, 1.165) is 60.7 Å². The molecule has 0 amide bonds. The van der Waals surface area contributed by atoms with E-state index in [1.54, 1.807) is 12.4 Å². The van der Waals surface area contributed by atoms with Gasteiger partial charge in [-0.25, -0.2) is 9.97 Å². The molecule has 4 heterocycles.